The van der Waals surface area contributed by atoms with Crippen molar-refractivity contribution in [2.24, 2.45) is 0 Å². The van der Waals surface area contributed by atoms with Gasteiger partial charge in [0.1, 0.15) is 0 Å². The van der Waals surface area contributed by atoms with E-state index >= 15 is 0 Å². The number of fused-ring (bicyclic) bond motifs is 1. The van der Waals surface area contributed by atoms with E-state index < -0.39 is 10.0 Å². The lowest BCUT2D eigenvalue weighted by Crippen LogP contribution is -2.40. The maximum Gasteiger partial charge on any atom is 0.243 e. The summed E-state index contributed by atoms with van der Waals surface area (Å²) in [6.07, 6.45) is 1.95. The highest BCUT2D eigenvalue weighted by atomic mass is 32.2. The summed E-state index contributed by atoms with van der Waals surface area (Å²) < 4.78 is 31.9. The molecule has 0 bridgehead atoms. The fourth-order valence-corrected chi connectivity index (χ4v) is 4.05. The molecule has 1 saturated heterocycles. The van der Waals surface area contributed by atoms with Gasteiger partial charge in [-0.25, -0.2) is 8.42 Å². The smallest absolute Gasteiger partial charge is 0.243 e. The summed E-state index contributed by atoms with van der Waals surface area (Å²) in [5.41, 5.74) is 0. The lowest BCUT2D eigenvalue weighted by molar-refractivity contribution is -0.121. The Balaban J connectivity index is 1.66. The zero-order valence-electron chi connectivity index (χ0n) is 14.1. The molecule has 2 aromatic rings. The lowest BCUT2D eigenvalue weighted by atomic mass is 10.1. The summed E-state index contributed by atoms with van der Waals surface area (Å²) in [6.45, 7) is 0.918. The van der Waals surface area contributed by atoms with E-state index in [4.69, 9.17) is 4.74 Å². The number of benzene rings is 2. The average Bonchev–Trinajstić information content (AvgIpc) is 3.13. The van der Waals surface area contributed by atoms with Crippen molar-refractivity contribution in [1.29, 1.82) is 0 Å². The van der Waals surface area contributed by atoms with E-state index in [0.717, 1.165) is 34.5 Å². The van der Waals surface area contributed by atoms with Crippen LogP contribution in [-0.2, 0) is 19.6 Å². The largest absolute Gasteiger partial charge is 0.376 e. The first-order chi connectivity index (χ1) is 12.0. The minimum atomic E-state index is -3.72. The molecular formula is C18H22N2O4S. The van der Waals surface area contributed by atoms with Gasteiger partial charge < -0.3 is 10.1 Å². The second-order valence-electron chi connectivity index (χ2n) is 6.21. The van der Waals surface area contributed by atoms with Crippen molar-refractivity contribution in [3.05, 3.63) is 42.5 Å². The van der Waals surface area contributed by atoms with Crippen LogP contribution in [0.1, 0.15) is 12.8 Å². The molecule has 0 unspecified atom stereocenters. The molecule has 0 aromatic heterocycles. The van der Waals surface area contributed by atoms with Crippen molar-refractivity contribution in [3.63, 3.8) is 0 Å². The third-order valence-electron chi connectivity index (χ3n) is 4.35. The molecule has 1 aliphatic rings. The minimum Gasteiger partial charge on any atom is -0.376 e. The van der Waals surface area contributed by atoms with Crippen LogP contribution in [0.4, 0.5) is 0 Å². The number of likely N-dealkylation sites (N-methyl/N-ethyl adjacent to an activating group) is 1. The standard InChI is InChI=1S/C18H22N2O4S/c1-20(13-18(21)19-12-16-7-4-10-24-16)25(22,23)17-9-8-14-5-2-3-6-15(14)11-17/h2-3,5-6,8-9,11,16H,4,7,10,12-13H2,1H3,(H,19,21)/t16-/m1/s1. The van der Waals surface area contributed by atoms with E-state index in [-0.39, 0.29) is 23.5 Å². The van der Waals surface area contributed by atoms with Gasteiger partial charge in [-0.15, -0.1) is 0 Å². The number of carbonyl (C=O) groups excluding carboxylic acids is 1. The van der Waals surface area contributed by atoms with Crippen LogP contribution in [0.2, 0.25) is 0 Å². The molecule has 1 fully saturated rings. The molecule has 0 spiro atoms. The quantitative estimate of drug-likeness (QED) is 0.850. The molecule has 1 aliphatic heterocycles. The van der Waals surface area contributed by atoms with Crippen molar-refractivity contribution in [3.8, 4) is 0 Å². The molecule has 25 heavy (non-hydrogen) atoms. The van der Waals surface area contributed by atoms with Crippen molar-refractivity contribution in [1.82, 2.24) is 9.62 Å². The van der Waals surface area contributed by atoms with Gasteiger partial charge in [-0.1, -0.05) is 30.3 Å². The molecular weight excluding hydrogens is 340 g/mol. The number of nitrogens with zero attached hydrogens (tertiary/aromatic N) is 1. The van der Waals surface area contributed by atoms with Gasteiger partial charge in [0.25, 0.3) is 0 Å². The normalized spacial score (nSPS) is 17.9. The Morgan fingerprint density at radius 1 is 1.24 bits per heavy atom. The summed E-state index contributed by atoms with van der Waals surface area (Å²) in [7, 11) is -2.31. The van der Waals surface area contributed by atoms with Crippen LogP contribution in [0.5, 0.6) is 0 Å². The van der Waals surface area contributed by atoms with Crippen molar-refractivity contribution >= 4 is 26.7 Å². The average molecular weight is 362 g/mol. The third-order valence-corrected chi connectivity index (χ3v) is 6.15. The number of hydrogen-bond acceptors (Lipinski definition) is 4. The van der Waals surface area contributed by atoms with E-state index in [1.165, 1.54) is 7.05 Å². The summed E-state index contributed by atoms with van der Waals surface area (Å²) >= 11 is 0. The fourth-order valence-electron chi connectivity index (χ4n) is 2.88. The summed E-state index contributed by atoms with van der Waals surface area (Å²) in [5.74, 6) is -0.331. The number of rotatable bonds is 6. The maximum absolute atomic E-state index is 12.7. The minimum absolute atomic E-state index is 0.0337. The highest BCUT2D eigenvalue weighted by Crippen LogP contribution is 2.21. The molecule has 3 rings (SSSR count). The van der Waals surface area contributed by atoms with Crippen LogP contribution in [0.25, 0.3) is 10.8 Å². The molecule has 1 N–H and O–H groups in total. The highest BCUT2D eigenvalue weighted by molar-refractivity contribution is 7.89. The van der Waals surface area contributed by atoms with Crippen LogP contribution < -0.4 is 5.32 Å². The monoisotopic (exact) mass is 362 g/mol. The van der Waals surface area contributed by atoms with Gasteiger partial charge in [0.2, 0.25) is 15.9 Å². The first-order valence-corrected chi connectivity index (χ1v) is 9.74. The predicted octanol–water partition coefficient (Wildman–Crippen LogP) is 1.76. The van der Waals surface area contributed by atoms with E-state index in [1.54, 1.807) is 18.2 Å². The third kappa shape index (κ3) is 4.18. The van der Waals surface area contributed by atoms with Gasteiger partial charge in [0, 0.05) is 20.2 Å². The number of hydrogen-bond donors (Lipinski definition) is 1. The van der Waals surface area contributed by atoms with E-state index in [9.17, 15) is 13.2 Å². The summed E-state index contributed by atoms with van der Waals surface area (Å²) in [6, 6.07) is 12.5. The first kappa shape index (κ1) is 17.8. The second kappa shape index (κ2) is 7.51. The number of nitrogens with one attached hydrogen (secondary N) is 1. The van der Waals surface area contributed by atoms with Crippen LogP contribution in [0.3, 0.4) is 0 Å². The van der Waals surface area contributed by atoms with Gasteiger partial charge in [-0.05, 0) is 35.7 Å². The van der Waals surface area contributed by atoms with Crippen molar-refractivity contribution < 1.29 is 17.9 Å². The summed E-state index contributed by atoms with van der Waals surface area (Å²) in [4.78, 5) is 12.2. The Hall–Kier alpha value is -1.96. The number of ether oxygens (including phenoxy) is 1. The Kier molecular flexibility index (Phi) is 5.36. The molecule has 0 aliphatic carbocycles. The molecule has 7 heteroatoms. The van der Waals surface area contributed by atoms with Gasteiger partial charge in [-0.3, -0.25) is 4.79 Å². The van der Waals surface area contributed by atoms with Crippen molar-refractivity contribution in [2.75, 3.05) is 26.7 Å². The van der Waals surface area contributed by atoms with E-state index in [2.05, 4.69) is 5.32 Å². The molecule has 6 nitrogen and oxygen atoms in total. The fraction of sp³-hybridized carbons (Fsp3) is 0.389. The molecule has 1 amide bonds. The summed E-state index contributed by atoms with van der Waals surface area (Å²) in [5, 5.41) is 4.56. The van der Waals surface area contributed by atoms with Crippen molar-refractivity contribution in [2.45, 2.75) is 23.8 Å². The molecule has 0 saturated carbocycles. The highest BCUT2D eigenvalue weighted by Gasteiger charge is 2.24. The van der Waals surface area contributed by atoms with Crippen LogP contribution in [-0.4, -0.2) is 51.5 Å². The van der Waals surface area contributed by atoms with E-state index in [1.807, 2.05) is 24.3 Å². The van der Waals surface area contributed by atoms with Gasteiger partial charge >= 0.3 is 0 Å². The van der Waals surface area contributed by atoms with Crippen LogP contribution >= 0.6 is 0 Å². The Morgan fingerprint density at radius 2 is 2.00 bits per heavy atom. The molecule has 0 radical (unpaired) electrons. The number of sulfonamides is 1. The topological polar surface area (TPSA) is 75.7 Å². The molecule has 2 aromatic carbocycles. The number of amides is 1. The first-order valence-electron chi connectivity index (χ1n) is 8.30. The Morgan fingerprint density at radius 3 is 2.72 bits per heavy atom. The zero-order chi connectivity index (χ0) is 17.9. The van der Waals surface area contributed by atoms with E-state index in [0.29, 0.717) is 6.54 Å². The zero-order valence-corrected chi connectivity index (χ0v) is 15.0. The predicted molar refractivity (Wildman–Crippen MR) is 95.7 cm³/mol. The molecule has 1 heterocycles. The second-order valence-corrected chi connectivity index (χ2v) is 8.25. The van der Waals surface area contributed by atoms with Crippen LogP contribution in [0.15, 0.2) is 47.4 Å². The SMILES string of the molecule is CN(CC(=O)NC[C@H]1CCCO1)S(=O)(=O)c1ccc2ccccc2c1. The molecule has 134 valence electrons. The van der Waals surface area contributed by atoms with Gasteiger partial charge in [0.15, 0.2) is 0 Å². The van der Waals surface area contributed by atoms with Gasteiger partial charge in [0.05, 0.1) is 17.5 Å². The Bertz CT molecular complexity index is 860. The lowest BCUT2D eigenvalue weighted by Gasteiger charge is -2.18. The molecule has 1 atom stereocenters. The maximum atomic E-state index is 12.7. The van der Waals surface area contributed by atoms with Gasteiger partial charge in [-0.2, -0.15) is 4.31 Å². The van der Waals surface area contributed by atoms with Crippen LogP contribution in [0, 0.1) is 0 Å². The number of carbonyl (C=O) groups is 1. The Labute approximate surface area is 147 Å².